The highest BCUT2D eigenvalue weighted by molar-refractivity contribution is 6.99. The molecule has 0 radical (unpaired) electrons. The van der Waals surface area contributed by atoms with Crippen molar-refractivity contribution in [2.45, 2.75) is 63.8 Å². The van der Waals surface area contributed by atoms with Gasteiger partial charge in [-0.25, -0.2) is 4.98 Å². The van der Waals surface area contributed by atoms with Crippen LogP contribution in [0.2, 0.25) is 5.04 Å². The molecule has 214 valence electrons. The van der Waals surface area contributed by atoms with E-state index in [1.165, 1.54) is 15.9 Å². The Hall–Kier alpha value is -3.45. The Bertz CT molecular complexity index is 1350. The smallest absolute Gasteiger partial charge is 0.261 e. The van der Waals surface area contributed by atoms with Crippen molar-refractivity contribution in [1.82, 2.24) is 4.98 Å². The van der Waals surface area contributed by atoms with E-state index in [0.29, 0.717) is 13.0 Å². The lowest BCUT2D eigenvalue weighted by atomic mass is 9.92. The van der Waals surface area contributed by atoms with E-state index in [9.17, 15) is 5.11 Å². The number of anilines is 1. The van der Waals surface area contributed by atoms with Crippen LogP contribution in [0.15, 0.2) is 103 Å². The third kappa shape index (κ3) is 6.10. The summed E-state index contributed by atoms with van der Waals surface area (Å²) in [6.45, 7) is 8.33. The van der Waals surface area contributed by atoms with E-state index < -0.39 is 14.4 Å². The van der Waals surface area contributed by atoms with E-state index in [1.54, 1.807) is 7.11 Å². The molecule has 1 aromatic heterocycles. The minimum Gasteiger partial charge on any atom is -0.497 e. The molecule has 2 unspecified atom stereocenters. The van der Waals surface area contributed by atoms with E-state index in [2.05, 4.69) is 98.5 Å². The fraction of sp³-hybridized carbons (Fsp3) is 0.343. The molecule has 5 rings (SSSR count). The summed E-state index contributed by atoms with van der Waals surface area (Å²) in [5, 5.41) is 13.6. The van der Waals surface area contributed by atoms with Crippen LogP contribution < -0.4 is 20.0 Å². The standard InChI is InChI=1S/C35H42N2O3Si/c1-35(2,3)41(30-14-7-5-8-15-30,31-16-9-6-10-17-31)40-24-12-13-28-25-33(38)32-18-11-23-36-34(32)37(28)26-27-19-21-29(39-4)22-20-27/h5-11,14-23,28,33,38H,12-13,24-26H2,1-4H3. The second-order valence-electron chi connectivity index (χ2n) is 12.0. The molecule has 1 aliphatic heterocycles. The molecule has 5 nitrogen and oxygen atoms in total. The molecular weight excluding hydrogens is 524 g/mol. The number of aromatic nitrogens is 1. The number of rotatable bonds is 10. The van der Waals surface area contributed by atoms with Gasteiger partial charge in [0.25, 0.3) is 8.32 Å². The van der Waals surface area contributed by atoms with Crippen LogP contribution in [-0.4, -0.2) is 38.2 Å². The Morgan fingerprint density at radius 1 is 0.878 bits per heavy atom. The lowest BCUT2D eigenvalue weighted by molar-refractivity contribution is 0.143. The molecule has 2 heterocycles. The van der Waals surface area contributed by atoms with Crippen LogP contribution in [0.1, 0.15) is 57.3 Å². The van der Waals surface area contributed by atoms with Gasteiger partial charge in [0.15, 0.2) is 0 Å². The van der Waals surface area contributed by atoms with Crippen molar-refractivity contribution >= 4 is 24.5 Å². The van der Waals surface area contributed by atoms with Gasteiger partial charge >= 0.3 is 0 Å². The highest BCUT2D eigenvalue weighted by Gasteiger charge is 2.50. The Labute approximate surface area is 245 Å². The molecule has 0 fully saturated rings. The van der Waals surface area contributed by atoms with Gasteiger partial charge in [-0.3, -0.25) is 0 Å². The molecule has 0 aliphatic carbocycles. The molecule has 6 heteroatoms. The van der Waals surface area contributed by atoms with Gasteiger partial charge in [0.1, 0.15) is 11.6 Å². The van der Waals surface area contributed by atoms with Crippen molar-refractivity contribution < 1.29 is 14.3 Å². The van der Waals surface area contributed by atoms with Crippen LogP contribution >= 0.6 is 0 Å². The second kappa shape index (κ2) is 12.6. The molecule has 0 saturated heterocycles. The van der Waals surface area contributed by atoms with Crippen LogP contribution in [0.5, 0.6) is 5.75 Å². The molecule has 0 saturated carbocycles. The van der Waals surface area contributed by atoms with Crippen molar-refractivity contribution in [2.75, 3.05) is 18.6 Å². The Kier molecular flexibility index (Phi) is 8.93. The number of aliphatic hydroxyl groups is 1. The topological polar surface area (TPSA) is 54.8 Å². The molecule has 4 aromatic rings. The summed E-state index contributed by atoms with van der Waals surface area (Å²) >= 11 is 0. The zero-order valence-corrected chi connectivity index (χ0v) is 25.7. The van der Waals surface area contributed by atoms with Gasteiger partial charge < -0.3 is 19.2 Å². The predicted molar refractivity (Wildman–Crippen MR) is 170 cm³/mol. The average molecular weight is 567 g/mol. The summed E-state index contributed by atoms with van der Waals surface area (Å²) in [6.07, 6.45) is 3.77. The molecule has 2 atom stereocenters. The maximum absolute atomic E-state index is 11.1. The summed E-state index contributed by atoms with van der Waals surface area (Å²) in [7, 11) is -0.895. The monoisotopic (exact) mass is 566 g/mol. The third-order valence-corrected chi connectivity index (χ3v) is 13.4. The maximum Gasteiger partial charge on any atom is 0.261 e. The lowest BCUT2D eigenvalue weighted by Crippen LogP contribution is -2.66. The van der Waals surface area contributed by atoms with Crippen molar-refractivity contribution in [3.05, 3.63) is 114 Å². The first kappa shape index (κ1) is 29.1. The van der Waals surface area contributed by atoms with Gasteiger partial charge in [0.2, 0.25) is 0 Å². The SMILES string of the molecule is COc1ccc(CN2c3ncccc3C(O)CC2CCCO[Si](c2ccccc2)(c2ccccc2)C(C)(C)C)cc1. The zero-order chi connectivity index (χ0) is 28.9. The second-order valence-corrected chi connectivity index (χ2v) is 16.3. The first-order valence-electron chi connectivity index (χ1n) is 14.6. The number of hydrogen-bond acceptors (Lipinski definition) is 5. The van der Waals surface area contributed by atoms with E-state index in [4.69, 9.17) is 14.1 Å². The molecule has 41 heavy (non-hydrogen) atoms. The lowest BCUT2D eigenvalue weighted by Gasteiger charge is -2.43. The van der Waals surface area contributed by atoms with Gasteiger partial charge in [-0.1, -0.05) is 99.6 Å². The number of aliphatic hydroxyl groups excluding tert-OH is 1. The van der Waals surface area contributed by atoms with E-state index in [0.717, 1.165) is 36.5 Å². The Morgan fingerprint density at radius 3 is 2.10 bits per heavy atom. The molecular formula is C35H42N2O3Si. The van der Waals surface area contributed by atoms with Crippen molar-refractivity contribution in [2.24, 2.45) is 0 Å². The maximum atomic E-state index is 11.1. The fourth-order valence-electron chi connectivity index (χ4n) is 6.31. The van der Waals surface area contributed by atoms with Crippen molar-refractivity contribution in [3.8, 4) is 5.75 Å². The summed E-state index contributed by atoms with van der Waals surface area (Å²) in [6, 6.07) is 33.9. The van der Waals surface area contributed by atoms with Gasteiger partial charge in [-0.2, -0.15) is 0 Å². The zero-order valence-electron chi connectivity index (χ0n) is 24.7. The normalized spacial score (nSPS) is 17.2. The van der Waals surface area contributed by atoms with Crippen LogP contribution in [0.3, 0.4) is 0 Å². The summed E-state index contributed by atoms with van der Waals surface area (Å²) in [5.74, 6) is 1.72. The van der Waals surface area contributed by atoms with E-state index in [1.807, 2.05) is 30.5 Å². The average Bonchev–Trinajstić information content (AvgIpc) is 2.99. The molecule has 0 bridgehead atoms. The Balaban J connectivity index is 1.38. The van der Waals surface area contributed by atoms with Crippen LogP contribution in [-0.2, 0) is 11.0 Å². The number of benzene rings is 3. The fourth-order valence-corrected chi connectivity index (χ4v) is 10.9. The van der Waals surface area contributed by atoms with Crippen molar-refractivity contribution in [3.63, 3.8) is 0 Å². The first-order valence-corrected chi connectivity index (χ1v) is 16.5. The summed E-state index contributed by atoms with van der Waals surface area (Å²) < 4.78 is 12.5. The number of ether oxygens (including phenoxy) is 1. The number of pyridine rings is 1. The highest BCUT2D eigenvalue weighted by Crippen LogP contribution is 2.39. The largest absolute Gasteiger partial charge is 0.497 e. The summed E-state index contributed by atoms with van der Waals surface area (Å²) in [4.78, 5) is 7.09. The van der Waals surface area contributed by atoms with Crippen molar-refractivity contribution in [1.29, 1.82) is 0 Å². The minimum absolute atomic E-state index is 0.0556. The van der Waals surface area contributed by atoms with Gasteiger partial charge in [-0.15, -0.1) is 0 Å². The Morgan fingerprint density at radius 2 is 1.51 bits per heavy atom. The van der Waals surface area contributed by atoms with Gasteiger partial charge in [0, 0.05) is 31.0 Å². The molecule has 1 aliphatic rings. The molecule has 1 N–H and O–H groups in total. The molecule has 0 spiro atoms. The first-order chi connectivity index (χ1) is 19.8. The number of nitrogens with zero attached hydrogens (tertiary/aromatic N) is 2. The number of hydrogen-bond donors (Lipinski definition) is 1. The quantitative estimate of drug-likeness (QED) is 0.181. The number of methoxy groups -OCH3 is 1. The third-order valence-electron chi connectivity index (χ3n) is 8.31. The predicted octanol–water partition coefficient (Wildman–Crippen LogP) is 6.26. The summed E-state index contributed by atoms with van der Waals surface area (Å²) in [5.41, 5.74) is 2.09. The van der Waals surface area contributed by atoms with E-state index >= 15 is 0 Å². The minimum atomic E-state index is -2.58. The molecule has 0 amide bonds. The highest BCUT2D eigenvalue weighted by atomic mass is 28.4. The van der Waals surface area contributed by atoms with Crippen LogP contribution in [0, 0.1) is 0 Å². The number of fused-ring (bicyclic) bond motifs is 1. The van der Waals surface area contributed by atoms with Crippen LogP contribution in [0.25, 0.3) is 0 Å². The van der Waals surface area contributed by atoms with Gasteiger partial charge in [-0.05, 0) is 58.4 Å². The van der Waals surface area contributed by atoms with Gasteiger partial charge in [0.05, 0.1) is 13.2 Å². The van der Waals surface area contributed by atoms with Crippen LogP contribution in [0.4, 0.5) is 5.82 Å². The van der Waals surface area contributed by atoms with E-state index in [-0.39, 0.29) is 11.1 Å². The molecule has 3 aromatic carbocycles.